The minimum Gasteiger partial charge on any atom is -0.466 e. The highest BCUT2D eigenvalue weighted by atomic mass is 19.1. The smallest absolute Gasteiger partial charge is 0.313 e. The minimum atomic E-state index is -1.04. The Morgan fingerprint density at radius 1 is 1.75 bits per heavy atom. The summed E-state index contributed by atoms with van der Waals surface area (Å²) in [7, 11) is 0. The molecule has 0 saturated carbocycles. The zero-order valence-corrected chi connectivity index (χ0v) is 7.18. The fourth-order valence-corrected chi connectivity index (χ4v) is 1.31. The third-order valence-corrected chi connectivity index (χ3v) is 1.99. The van der Waals surface area contributed by atoms with Gasteiger partial charge in [-0.2, -0.15) is 0 Å². The van der Waals surface area contributed by atoms with Crippen molar-refractivity contribution in [3.8, 4) is 0 Å². The average Bonchev–Trinajstić information content (AvgIpc) is 2.05. The van der Waals surface area contributed by atoms with Crippen LogP contribution in [0.15, 0.2) is 0 Å². The Labute approximate surface area is 71.3 Å². The molecular weight excluding hydrogens is 161 g/mol. The Kier molecular flexibility index (Phi) is 3.47. The van der Waals surface area contributed by atoms with E-state index in [1.54, 1.807) is 6.92 Å². The molecule has 1 aliphatic heterocycles. The third kappa shape index (κ3) is 2.17. The second-order valence-corrected chi connectivity index (χ2v) is 2.87. The zero-order valence-electron chi connectivity index (χ0n) is 7.18. The van der Waals surface area contributed by atoms with Crippen LogP contribution in [0.2, 0.25) is 0 Å². The van der Waals surface area contributed by atoms with E-state index in [4.69, 9.17) is 4.74 Å². The number of carbonyl (C=O) groups is 1. The molecule has 0 radical (unpaired) electrons. The number of hydrogen-bond donors (Lipinski definition) is 1. The summed E-state index contributed by atoms with van der Waals surface area (Å²) in [4.78, 5) is 11.1. The molecule has 12 heavy (non-hydrogen) atoms. The number of carbonyl (C=O) groups excluding carboxylic acids is 1. The summed E-state index contributed by atoms with van der Waals surface area (Å²) in [6.45, 7) is 3.10. The summed E-state index contributed by atoms with van der Waals surface area (Å²) in [5, 5.41) is 2.96. The van der Waals surface area contributed by atoms with Gasteiger partial charge in [0.15, 0.2) is 0 Å². The van der Waals surface area contributed by atoms with Crippen LogP contribution in [-0.4, -0.2) is 31.8 Å². The molecule has 0 aromatic carbocycles. The second-order valence-electron chi connectivity index (χ2n) is 2.87. The molecule has 1 aliphatic rings. The fraction of sp³-hybridized carbons (Fsp3) is 0.875. The normalized spacial score (nSPS) is 29.8. The van der Waals surface area contributed by atoms with Crippen molar-refractivity contribution in [1.29, 1.82) is 0 Å². The first-order valence-electron chi connectivity index (χ1n) is 4.27. The van der Waals surface area contributed by atoms with Gasteiger partial charge >= 0.3 is 5.97 Å². The molecule has 1 N–H and O–H groups in total. The maximum Gasteiger partial charge on any atom is 0.313 e. The lowest BCUT2D eigenvalue weighted by Crippen LogP contribution is -2.42. The summed E-state index contributed by atoms with van der Waals surface area (Å²) in [6, 6.07) is 0. The van der Waals surface area contributed by atoms with Gasteiger partial charge in [0.25, 0.3) is 0 Å². The van der Waals surface area contributed by atoms with E-state index in [1.807, 2.05) is 0 Å². The Bertz CT molecular complexity index is 163. The van der Waals surface area contributed by atoms with Crippen molar-refractivity contribution in [3.63, 3.8) is 0 Å². The van der Waals surface area contributed by atoms with Gasteiger partial charge in [-0.25, -0.2) is 4.39 Å². The molecule has 0 aromatic rings. The van der Waals surface area contributed by atoms with Gasteiger partial charge in [0.2, 0.25) is 0 Å². The molecule has 0 aliphatic carbocycles. The van der Waals surface area contributed by atoms with Crippen LogP contribution >= 0.6 is 0 Å². The molecule has 0 spiro atoms. The molecule has 1 heterocycles. The van der Waals surface area contributed by atoms with Gasteiger partial charge in [0.1, 0.15) is 12.1 Å². The first kappa shape index (κ1) is 9.45. The third-order valence-electron chi connectivity index (χ3n) is 1.99. The van der Waals surface area contributed by atoms with E-state index in [0.717, 1.165) is 0 Å². The molecule has 4 heteroatoms. The van der Waals surface area contributed by atoms with E-state index in [9.17, 15) is 9.18 Å². The van der Waals surface area contributed by atoms with Crippen LogP contribution < -0.4 is 5.32 Å². The minimum absolute atomic E-state index is 0.321. The predicted octanol–water partition coefficient (Wildman–Crippen LogP) is 0.497. The van der Waals surface area contributed by atoms with Gasteiger partial charge in [-0.1, -0.05) is 0 Å². The number of hydrogen-bond acceptors (Lipinski definition) is 3. The van der Waals surface area contributed by atoms with E-state index in [0.29, 0.717) is 26.1 Å². The number of piperidine rings is 1. The number of rotatable bonds is 2. The van der Waals surface area contributed by atoms with Crippen LogP contribution in [0, 0.1) is 5.92 Å². The second kappa shape index (κ2) is 4.40. The van der Waals surface area contributed by atoms with Crippen molar-refractivity contribution in [2.24, 2.45) is 5.92 Å². The average molecular weight is 175 g/mol. The van der Waals surface area contributed by atoms with Crippen LogP contribution in [0.4, 0.5) is 4.39 Å². The highest BCUT2D eigenvalue weighted by Crippen LogP contribution is 2.16. The molecule has 0 bridgehead atoms. The van der Waals surface area contributed by atoms with Gasteiger partial charge in [-0.3, -0.25) is 4.79 Å². The van der Waals surface area contributed by atoms with Gasteiger partial charge < -0.3 is 10.1 Å². The lowest BCUT2D eigenvalue weighted by atomic mass is 9.98. The van der Waals surface area contributed by atoms with Crippen LogP contribution in [0.1, 0.15) is 13.3 Å². The van der Waals surface area contributed by atoms with Gasteiger partial charge in [-0.05, 0) is 19.9 Å². The lowest BCUT2D eigenvalue weighted by Gasteiger charge is -2.24. The van der Waals surface area contributed by atoms with Crippen molar-refractivity contribution in [2.45, 2.75) is 19.5 Å². The maximum absolute atomic E-state index is 13.1. The van der Waals surface area contributed by atoms with Crippen LogP contribution in [-0.2, 0) is 9.53 Å². The van der Waals surface area contributed by atoms with Crippen molar-refractivity contribution in [1.82, 2.24) is 5.32 Å². The Morgan fingerprint density at radius 3 is 3.08 bits per heavy atom. The molecule has 0 aromatic heterocycles. The first-order valence-corrected chi connectivity index (χ1v) is 4.27. The fourth-order valence-electron chi connectivity index (χ4n) is 1.31. The monoisotopic (exact) mass is 175 g/mol. The Hall–Kier alpha value is -0.640. The molecular formula is C8H14FNO2. The van der Waals surface area contributed by atoms with E-state index in [-0.39, 0.29) is 0 Å². The quantitative estimate of drug-likeness (QED) is 0.621. The SMILES string of the molecule is CCOC(=O)[C@H]1CNCC[C@H]1F. The molecule has 0 unspecified atom stereocenters. The topological polar surface area (TPSA) is 38.3 Å². The van der Waals surface area contributed by atoms with Crippen LogP contribution in [0.25, 0.3) is 0 Å². The van der Waals surface area contributed by atoms with E-state index in [2.05, 4.69) is 5.32 Å². The lowest BCUT2D eigenvalue weighted by molar-refractivity contribution is -0.150. The van der Waals surface area contributed by atoms with Crippen LogP contribution in [0.5, 0.6) is 0 Å². The van der Waals surface area contributed by atoms with Gasteiger partial charge in [0, 0.05) is 6.54 Å². The summed E-state index contributed by atoms with van der Waals surface area (Å²) >= 11 is 0. The summed E-state index contributed by atoms with van der Waals surface area (Å²) in [6.07, 6.45) is -0.631. The van der Waals surface area contributed by atoms with E-state index in [1.165, 1.54) is 0 Å². The maximum atomic E-state index is 13.1. The molecule has 0 amide bonds. The van der Waals surface area contributed by atoms with Crippen molar-refractivity contribution >= 4 is 5.97 Å². The zero-order chi connectivity index (χ0) is 8.97. The highest BCUT2D eigenvalue weighted by Gasteiger charge is 2.31. The molecule has 2 atom stereocenters. The molecule has 1 rings (SSSR count). The summed E-state index contributed by atoms with van der Waals surface area (Å²) in [5.74, 6) is -1.02. The number of esters is 1. The molecule has 3 nitrogen and oxygen atoms in total. The number of ether oxygens (including phenoxy) is 1. The molecule has 70 valence electrons. The Balaban J connectivity index is 2.42. The summed E-state index contributed by atoms with van der Waals surface area (Å²) < 4.78 is 17.8. The summed E-state index contributed by atoms with van der Waals surface area (Å²) in [5.41, 5.74) is 0. The standard InChI is InChI=1S/C8H14FNO2/c1-2-12-8(11)6-5-10-4-3-7(6)9/h6-7,10H,2-5H2,1H3/t6-,7+/m0/s1. The molecule has 1 saturated heterocycles. The molecule has 1 fully saturated rings. The van der Waals surface area contributed by atoms with E-state index >= 15 is 0 Å². The van der Waals surface area contributed by atoms with Crippen molar-refractivity contribution in [3.05, 3.63) is 0 Å². The number of halogens is 1. The number of alkyl halides is 1. The number of nitrogens with one attached hydrogen (secondary N) is 1. The Morgan fingerprint density at radius 2 is 2.50 bits per heavy atom. The van der Waals surface area contributed by atoms with Gasteiger partial charge in [-0.15, -0.1) is 0 Å². The largest absolute Gasteiger partial charge is 0.466 e. The predicted molar refractivity (Wildman–Crippen MR) is 42.5 cm³/mol. The highest BCUT2D eigenvalue weighted by molar-refractivity contribution is 5.73. The van der Waals surface area contributed by atoms with Crippen LogP contribution in [0.3, 0.4) is 0 Å². The van der Waals surface area contributed by atoms with Crippen molar-refractivity contribution in [2.75, 3.05) is 19.7 Å². The van der Waals surface area contributed by atoms with E-state index < -0.39 is 18.1 Å². The van der Waals surface area contributed by atoms with Gasteiger partial charge in [0.05, 0.1) is 6.61 Å². The van der Waals surface area contributed by atoms with Crippen molar-refractivity contribution < 1.29 is 13.9 Å². The first-order chi connectivity index (χ1) is 5.75.